The number of amides is 2. The summed E-state index contributed by atoms with van der Waals surface area (Å²) in [5.74, 6) is -0.0767. The number of nitrogens with one attached hydrogen (secondary N) is 1. The fourth-order valence-electron chi connectivity index (χ4n) is 2.38. The van der Waals surface area contributed by atoms with Crippen molar-refractivity contribution in [2.75, 3.05) is 18.4 Å². The van der Waals surface area contributed by atoms with Gasteiger partial charge >= 0.3 is 0 Å². The second-order valence-electron chi connectivity index (χ2n) is 5.19. The largest absolute Gasteiger partial charge is 0.391 e. The van der Waals surface area contributed by atoms with Crippen molar-refractivity contribution in [1.29, 1.82) is 0 Å². The molecule has 0 aromatic heterocycles. The second-order valence-corrected chi connectivity index (χ2v) is 5.19. The number of piperidine rings is 1. The Labute approximate surface area is 118 Å². The first-order valence-corrected chi connectivity index (χ1v) is 6.87. The molecule has 1 heterocycles. The molecule has 20 heavy (non-hydrogen) atoms. The fraction of sp³-hybridized carbons (Fsp3) is 0.467. The smallest absolute Gasteiger partial charge is 0.227 e. The second kappa shape index (κ2) is 6.52. The number of likely N-dealkylation sites (tertiary alicyclic amines) is 1. The highest BCUT2D eigenvalue weighted by Crippen LogP contribution is 2.14. The van der Waals surface area contributed by atoms with Crippen LogP contribution in [0.3, 0.4) is 0 Å². The van der Waals surface area contributed by atoms with Crippen molar-refractivity contribution in [1.82, 2.24) is 4.90 Å². The number of carbonyl (C=O) groups excluding carboxylic acids is 2. The minimum absolute atomic E-state index is 0.0380. The van der Waals surface area contributed by atoms with E-state index in [0.29, 0.717) is 13.0 Å². The maximum Gasteiger partial charge on any atom is 0.227 e. The lowest BCUT2D eigenvalue weighted by Crippen LogP contribution is -2.42. The third-order valence-corrected chi connectivity index (χ3v) is 3.38. The predicted molar refractivity (Wildman–Crippen MR) is 76.3 cm³/mol. The van der Waals surface area contributed by atoms with Crippen molar-refractivity contribution < 1.29 is 14.7 Å². The van der Waals surface area contributed by atoms with Crippen molar-refractivity contribution in [3.63, 3.8) is 0 Å². The number of aliphatic hydroxyl groups is 1. The Morgan fingerprint density at radius 3 is 2.65 bits per heavy atom. The molecule has 108 valence electrons. The molecule has 0 bridgehead atoms. The molecule has 5 nitrogen and oxygen atoms in total. The van der Waals surface area contributed by atoms with Crippen LogP contribution in [0.4, 0.5) is 5.69 Å². The van der Waals surface area contributed by atoms with E-state index in [9.17, 15) is 14.7 Å². The SMILES string of the molecule is CC(=O)Nc1ccc(CC(=O)N2CCC[C@H](O)C2)cc1. The molecular formula is C15H20N2O3. The third-order valence-electron chi connectivity index (χ3n) is 3.38. The molecule has 1 aromatic carbocycles. The first kappa shape index (κ1) is 14.5. The van der Waals surface area contributed by atoms with E-state index in [1.807, 2.05) is 12.1 Å². The topological polar surface area (TPSA) is 69.6 Å². The molecule has 1 saturated heterocycles. The fourth-order valence-corrected chi connectivity index (χ4v) is 2.38. The highest BCUT2D eigenvalue weighted by atomic mass is 16.3. The number of hydrogen-bond acceptors (Lipinski definition) is 3. The van der Waals surface area contributed by atoms with Crippen molar-refractivity contribution in [3.8, 4) is 0 Å². The monoisotopic (exact) mass is 276 g/mol. The Balaban J connectivity index is 1.92. The van der Waals surface area contributed by atoms with E-state index in [1.54, 1.807) is 17.0 Å². The minimum atomic E-state index is -0.394. The zero-order valence-electron chi connectivity index (χ0n) is 11.6. The van der Waals surface area contributed by atoms with E-state index in [1.165, 1.54) is 6.92 Å². The van der Waals surface area contributed by atoms with Gasteiger partial charge in [0.05, 0.1) is 12.5 Å². The molecule has 0 unspecified atom stereocenters. The Morgan fingerprint density at radius 1 is 1.35 bits per heavy atom. The molecule has 1 aliphatic heterocycles. The number of anilines is 1. The first-order chi connectivity index (χ1) is 9.54. The maximum absolute atomic E-state index is 12.1. The Kier molecular flexibility index (Phi) is 4.74. The van der Waals surface area contributed by atoms with Gasteiger partial charge in [0.1, 0.15) is 0 Å². The number of β-amino-alcohol motifs (C(OH)–C–C–N with tert-alkyl or cyclic N) is 1. The van der Waals surface area contributed by atoms with Gasteiger partial charge in [0.2, 0.25) is 11.8 Å². The molecule has 0 spiro atoms. The van der Waals surface area contributed by atoms with E-state index in [4.69, 9.17) is 0 Å². The molecule has 1 aromatic rings. The van der Waals surface area contributed by atoms with Gasteiger partial charge in [-0.3, -0.25) is 9.59 Å². The van der Waals surface area contributed by atoms with E-state index >= 15 is 0 Å². The summed E-state index contributed by atoms with van der Waals surface area (Å²) >= 11 is 0. The molecule has 1 fully saturated rings. The number of carbonyl (C=O) groups is 2. The molecule has 2 N–H and O–H groups in total. The lowest BCUT2D eigenvalue weighted by Gasteiger charge is -2.30. The molecule has 0 saturated carbocycles. The molecule has 1 atom stereocenters. The van der Waals surface area contributed by atoms with E-state index in [-0.39, 0.29) is 11.8 Å². The summed E-state index contributed by atoms with van der Waals surface area (Å²) in [6, 6.07) is 7.25. The predicted octanol–water partition coefficient (Wildman–Crippen LogP) is 1.17. The third kappa shape index (κ3) is 4.06. The Hall–Kier alpha value is -1.88. The van der Waals surface area contributed by atoms with Crippen LogP contribution in [0.25, 0.3) is 0 Å². The zero-order chi connectivity index (χ0) is 14.5. The lowest BCUT2D eigenvalue weighted by molar-refractivity contribution is -0.133. The van der Waals surface area contributed by atoms with Gasteiger partial charge in [-0.1, -0.05) is 12.1 Å². The van der Waals surface area contributed by atoms with Gasteiger partial charge in [-0.15, -0.1) is 0 Å². The molecule has 2 amide bonds. The Morgan fingerprint density at radius 2 is 2.05 bits per heavy atom. The molecule has 0 radical (unpaired) electrons. The minimum Gasteiger partial charge on any atom is -0.391 e. The molecular weight excluding hydrogens is 256 g/mol. The highest BCUT2D eigenvalue weighted by Gasteiger charge is 2.21. The summed E-state index contributed by atoms with van der Waals surface area (Å²) < 4.78 is 0. The summed E-state index contributed by atoms with van der Waals surface area (Å²) in [5, 5.41) is 12.3. The van der Waals surface area contributed by atoms with Crippen molar-refractivity contribution in [3.05, 3.63) is 29.8 Å². The average Bonchev–Trinajstić information content (AvgIpc) is 2.40. The summed E-state index contributed by atoms with van der Waals surface area (Å²) in [6.45, 7) is 2.61. The van der Waals surface area contributed by atoms with Crippen LogP contribution in [0.15, 0.2) is 24.3 Å². The number of hydrogen-bond donors (Lipinski definition) is 2. The van der Waals surface area contributed by atoms with Gasteiger partial charge in [-0.2, -0.15) is 0 Å². The number of aliphatic hydroxyl groups excluding tert-OH is 1. The summed E-state index contributed by atoms with van der Waals surface area (Å²) in [4.78, 5) is 24.8. The van der Waals surface area contributed by atoms with Crippen LogP contribution in [0.5, 0.6) is 0 Å². The van der Waals surface area contributed by atoms with Gasteiger partial charge in [0.15, 0.2) is 0 Å². The number of nitrogens with zero attached hydrogens (tertiary/aromatic N) is 1. The summed E-state index contributed by atoms with van der Waals surface area (Å²) in [5.41, 5.74) is 1.63. The van der Waals surface area contributed by atoms with E-state index < -0.39 is 6.10 Å². The summed E-state index contributed by atoms with van der Waals surface area (Å²) in [7, 11) is 0. The van der Waals surface area contributed by atoms with Crippen LogP contribution in [0.2, 0.25) is 0 Å². The molecule has 5 heteroatoms. The van der Waals surface area contributed by atoms with E-state index in [0.717, 1.165) is 30.6 Å². The molecule has 2 rings (SSSR count). The zero-order valence-corrected chi connectivity index (χ0v) is 11.6. The Bertz CT molecular complexity index is 484. The van der Waals surface area contributed by atoms with Crippen molar-refractivity contribution >= 4 is 17.5 Å². The lowest BCUT2D eigenvalue weighted by atomic mass is 10.1. The number of benzene rings is 1. The quantitative estimate of drug-likeness (QED) is 0.870. The van der Waals surface area contributed by atoms with Crippen LogP contribution in [-0.4, -0.2) is 41.0 Å². The van der Waals surface area contributed by atoms with Crippen LogP contribution in [-0.2, 0) is 16.0 Å². The number of rotatable bonds is 3. The first-order valence-electron chi connectivity index (χ1n) is 6.87. The summed E-state index contributed by atoms with van der Waals surface area (Å²) in [6.07, 6.45) is 1.56. The van der Waals surface area contributed by atoms with Crippen LogP contribution < -0.4 is 5.32 Å². The van der Waals surface area contributed by atoms with Gasteiger partial charge in [0, 0.05) is 25.7 Å². The average molecular weight is 276 g/mol. The van der Waals surface area contributed by atoms with Gasteiger partial charge in [-0.05, 0) is 30.5 Å². The van der Waals surface area contributed by atoms with Gasteiger partial charge < -0.3 is 15.3 Å². The molecule has 1 aliphatic rings. The maximum atomic E-state index is 12.1. The van der Waals surface area contributed by atoms with Crippen LogP contribution in [0.1, 0.15) is 25.3 Å². The molecule has 0 aliphatic carbocycles. The van der Waals surface area contributed by atoms with E-state index in [2.05, 4.69) is 5.32 Å². The standard InChI is InChI=1S/C15H20N2O3/c1-11(18)16-13-6-4-12(5-7-13)9-15(20)17-8-2-3-14(19)10-17/h4-7,14,19H,2-3,8-10H2,1H3,(H,16,18)/t14-/m0/s1. The van der Waals surface area contributed by atoms with Crippen LogP contribution in [0, 0.1) is 0 Å². The van der Waals surface area contributed by atoms with Crippen molar-refractivity contribution in [2.24, 2.45) is 0 Å². The van der Waals surface area contributed by atoms with Gasteiger partial charge in [-0.25, -0.2) is 0 Å². The van der Waals surface area contributed by atoms with Crippen LogP contribution >= 0.6 is 0 Å². The highest BCUT2D eigenvalue weighted by molar-refractivity contribution is 5.88. The normalized spacial score (nSPS) is 18.7. The van der Waals surface area contributed by atoms with Crippen molar-refractivity contribution in [2.45, 2.75) is 32.3 Å². The van der Waals surface area contributed by atoms with Gasteiger partial charge in [0.25, 0.3) is 0 Å².